The summed E-state index contributed by atoms with van der Waals surface area (Å²) in [6.07, 6.45) is 6.54. The lowest BCUT2D eigenvalue weighted by atomic mass is 10.1. The molecule has 0 saturated heterocycles. The normalized spacial score (nSPS) is 14.2. The van der Waals surface area contributed by atoms with E-state index >= 15 is 0 Å². The lowest BCUT2D eigenvalue weighted by molar-refractivity contribution is 0.0600. The number of thioether (sulfide) groups is 1. The van der Waals surface area contributed by atoms with Crippen molar-refractivity contribution in [2.24, 2.45) is 0 Å². The zero-order chi connectivity index (χ0) is 18.5. The first-order valence-corrected chi connectivity index (χ1v) is 9.58. The minimum absolute atomic E-state index is 0.219. The Bertz CT molecular complexity index is 816. The van der Waals surface area contributed by atoms with E-state index in [0.29, 0.717) is 22.1 Å². The summed E-state index contributed by atoms with van der Waals surface area (Å²) < 4.78 is 4.75. The Morgan fingerprint density at radius 1 is 1.23 bits per heavy atom. The molecule has 0 unspecified atom stereocenters. The predicted molar refractivity (Wildman–Crippen MR) is 103 cm³/mol. The Morgan fingerprint density at radius 3 is 2.73 bits per heavy atom. The van der Waals surface area contributed by atoms with Gasteiger partial charge in [-0.2, -0.15) is 0 Å². The molecular weight excluding hydrogens is 348 g/mol. The molecule has 1 heterocycles. The molecule has 1 N–H and O–H groups in total. The monoisotopic (exact) mass is 370 g/mol. The minimum Gasteiger partial charge on any atom is -0.465 e. The van der Waals surface area contributed by atoms with E-state index in [9.17, 15) is 9.59 Å². The first-order chi connectivity index (χ1) is 12.6. The number of nitrogens with zero attached hydrogens (tertiary/aromatic N) is 1. The standard InChI is InChI=1S/C20H22N2O3S/c1-13-9-10-14(20(24)25-2)12-17(13)22-18(23)16-8-5-11-21-19(16)26-15-6-3-4-7-15/h5,8-12,15H,3-4,6-7H2,1-2H3,(H,22,23). The third kappa shape index (κ3) is 4.25. The topological polar surface area (TPSA) is 68.3 Å². The van der Waals surface area contributed by atoms with Crippen LogP contribution in [0.4, 0.5) is 5.69 Å². The second kappa shape index (κ2) is 8.36. The van der Waals surface area contributed by atoms with Gasteiger partial charge in [-0.05, 0) is 49.6 Å². The molecule has 26 heavy (non-hydrogen) atoms. The van der Waals surface area contributed by atoms with Gasteiger partial charge >= 0.3 is 5.97 Å². The summed E-state index contributed by atoms with van der Waals surface area (Å²) in [7, 11) is 1.34. The van der Waals surface area contributed by atoms with Gasteiger partial charge in [-0.3, -0.25) is 4.79 Å². The van der Waals surface area contributed by atoms with Crippen molar-refractivity contribution in [1.29, 1.82) is 0 Å². The van der Waals surface area contributed by atoms with Gasteiger partial charge in [-0.25, -0.2) is 9.78 Å². The molecule has 1 fully saturated rings. The summed E-state index contributed by atoms with van der Waals surface area (Å²) in [5.41, 5.74) is 2.44. The van der Waals surface area contributed by atoms with Gasteiger partial charge < -0.3 is 10.1 Å². The number of nitrogens with one attached hydrogen (secondary N) is 1. The number of pyridine rings is 1. The molecule has 2 aromatic rings. The molecule has 1 aromatic carbocycles. The number of methoxy groups -OCH3 is 1. The third-order valence-electron chi connectivity index (χ3n) is 4.50. The van der Waals surface area contributed by atoms with E-state index in [1.54, 1.807) is 48.3 Å². The van der Waals surface area contributed by atoms with E-state index in [2.05, 4.69) is 10.3 Å². The highest BCUT2D eigenvalue weighted by Gasteiger charge is 2.21. The Morgan fingerprint density at radius 2 is 2.00 bits per heavy atom. The molecule has 0 aliphatic heterocycles. The zero-order valence-electron chi connectivity index (χ0n) is 15.0. The quantitative estimate of drug-likeness (QED) is 0.787. The summed E-state index contributed by atoms with van der Waals surface area (Å²) in [5.74, 6) is -0.650. The molecule has 1 aliphatic carbocycles. The summed E-state index contributed by atoms with van der Waals surface area (Å²) in [6.45, 7) is 1.88. The van der Waals surface area contributed by atoms with Gasteiger partial charge in [0.15, 0.2) is 0 Å². The Balaban J connectivity index is 1.81. The van der Waals surface area contributed by atoms with Crippen molar-refractivity contribution in [3.63, 3.8) is 0 Å². The maximum absolute atomic E-state index is 12.8. The van der Waals surface area contributed by atoms with Crippen LogP contribution < -0.4 is 5.32 Å². The van der Waals surface area contributed by atoms with Crippen LogP contribution in [0.25, 0.3) is 0 Å². The average Bonchev–Trinajstić information content (AvgIpc) is 3.16. The number of aryl methyl sites for hydroxylation is 1. The number of ether oxygens (including phenoxy) is 1. The van der Waals surface area contributed by atoms with Crippen LogP contribution in [0.15, 0.2) is 41.6 Å². The lowest BCUT2D eigenvalue weighted by Gasteiger charge is -2.13. The molecule has 0 atom stereocenters. The van der Waals surface area contributed by atoms with Gasteiger partial charge in [-0.15, -0.1) is 11.8 Å². The zero-order valence-corrected chi connectivity index (χ0v) is 15.8. The van der Waals surface area contributed by atoms with E-state index < -0.39 is 5.97 Å². The number of benzene rings is 1. The fourth-order valence-electron chi connectivity index (χ4n) is 3.01. The first kappa shape index (κ1) is 18.5. The number of esters is 1. The fourth-order valence-corrected chi connectivity index (χ4v) is 4.31. The van der Waals surface area contributed by atoms with Crippen LogP contribution in [-0.2, 0) is 4.74 Å². The molecule has 3 rings (SSSR count). The summed E-state index contributed by atoms with van der Waals surface area (Å²) >= 11 is 1.69. The molecule has 136 valence electrons. The van der Waals surface area contributed by atoms with Crippen LogP contribution in [0.1, 0.15) is 52.0 Å². The van der Waals surface area contributed by atoms with Crippen molar-refractivity contribution in [2.45, 2.75) is 42.9 Å². The number of amides is 1. The van der Waals surface area contributed by atoms with E-state index in [1.807, 2.05) is 6.92 Å². The van der Waals surface area contributed by atoms with Crippen LogP contribution >= 0.6 is 11.8 Å². The van der Waals surface area contributed by atoms with Crippen LogP contribution in [0.3, 0.4) is 0 Å². The number of anilines is 1. The van der Waals surface area contributed by atoms with Gasteiger partial charge in [-0.1, -0.05) is 18.9 Å². The molecule has 6 heteroatoms. The van der Waals surface area contributed by atoms with E-state index in [1.165, 1.54) is 32.8 Å². The van der Waals surface area contributed by atoms with Crippen molar-refractivity contribution < 1.29 is 14.3 Å². The molecule has 1 amide bonds. The van der Waals surface area contributed by atoms with Crippen LogP contribution in [0.5, 0.6) is 0 Å². The number of carbonyl (C=O) groups is 2. The van der Waals surface area contributed by atoms with Crippen molar-refractivity contribution >= 4 is 29.3 Å². The van der Waals surface area contributed by atoms with Gasteiger partial charge in [0, 0.05) is 17.1 Å². The third-order valence-corrected chi connectivity index (χ3v) is 5.86. The lowest BCUT2D eigenvalue weighted by Crippen LogP contribution is -2.15. The molecular formula is C20H22N2O3S. The smallest absolute Gasteiger partial charge is 0.337 e. The van der Waals surface area contributed by atoms with Crippen LogP contribution in [0, 0.1) is 6.92 Å². The number of carbonyl (C=O) groups excluding carboxylic acids is 2. The van der Waals surface area contributed by atoms with E-state index in [4.69, 9.17) is 4.74 Å². The average molecular weight is 370 g/mol. The van der Waals surface area contributed by atoms with Gasteiger partial charge in [0.1, 0.15) is 5.03 Å². The molecule has 0 bridgehead atoms. The minimum atomic E-state index is -0.431. The predicted octanol–water partition coefficient (Wildman–Crippen LogP) is 4.46. The van der Waals surface area contributed by atoms with Crippen LogP contribution in [0.2, 0.25) is 0 Å². The van der Waals surface area contributed by atoms with Crippen LogP contribution in [-0.4, -0.2) is 29.2 Å². The van der Waals surface area contributed by atoms with Crippen molar-refractivity contribution in [3.8, 4) is 0 Å². The second-order valence-corrected chi connectivity index (χ2v) is 7.64. The maximum atomic E-state index is 12.8. The molecule has 0 spiro atoms. The van der Waals surface area contributed by atoms with Crippen molar-refractivity contribution in [3.05, 3.63) is 53.2 Å². The Labute approximate surface area is 157 Å². The summed E-state index contributed by atoms with van der Waals surface area (Å²) in [4.78, 5) is 29.0. The number of rotatable bonds is 5. The highest BCUT2D eigenvalue weighted by atomic mass is 32.2. The number of hydrogen-bond acceptors (Lipinski definition) is 5. The number of aromatic nitrogens is 1. The van der Waals surface area contributed by atoms with Gasteiger partial charge in [0.2, 0.25) is 0 Å². The highest BCUT2D eigenvalue weighted by molar-refractivity contribution is 7.99. The van der Waals surface area contributed by atoms with E-state index in [-0.39, 0.29) is 5.91 Å². The molecule has 1 saturated carbocycles. The molecule has 1 aliphatic rings. The number of hydrogen-bond donors (Lipinski definition) is 1. The first-order valence-electron chi connectivity index (χ1n) is 8.70. The largest absolute Gasteiger partial charge is 0.465 e. The maximum Gasteiger partial charge on any atom is 0.337 e. The van der Waals surface area contributed by atoms with Gasteiger partial charge in [0.25, 0.3) is 5.91 Å². The molecule has 5 nitrogen and oxygen atoms in total. The Hall–Kier alpha value is -2.34. The Kier molecular flexibility index (Phi) is 5.93. The van der Waals surface area contributed by atoms with E-state index in [0.717, 1.165) is 10.6 Å². The van der Waals surface area contributed by atoms with Crippen molar-refractivity contribution in [1.82, 2.24) is 4.98 Å². The SMILES string of the molecule is COC(=O)c1ccc(C)c(NC(=O)c2cccnc2SC2CCCC2)c1. The summed E-state index contributed by atoms with van der Waals surface area (Å²) in [6, 6.07) is 8.67. The summed E-state index contributed by atoms with van der Waals surface area (Å²) in [5, 5.41) is 4.20. The molecule has 0 radical (unpaired) electrons. The van der Waals surface area contributed by atoms with Gasteiger partial charge in [0.05, 0.1) is 18.2 Å². The fraction of sp³-hybridized carbons (Fsp3) is 0.350. The second-order valence-electron chi connectivity index (χ2n) is 6.36. The van der Waals surface area contributed by atoms with Crippen molar-refractivity contribution in [2.75, 3.05) is 12.4 Å². The molecule has 1 aromatic heterocycles. The highest BCUT2D eigenvalue weighted by Crippen LogP contribution is 2.35.